The smallest absolute Gasteiger partial charge is 0.396 e. The molecular formula is C41H38O9P2. The first-order valence-corrected chi connectivity index (χ1v) is 20.2. The third kappa shape index (κ3) is 6.81. The molecule has 8 aromatic carbocycles. The molecule has 4 atom stereocenters. The van der Waals surface area contributed by atoms with E-state index < -0.39 is 27.5 Å². The lowest BCUT2D eigenvalue weighted by Crippen LogP contribution is -2.20. The summed E-state index contributed by atoms with van der Waals surface area (Å²) in [5.41, 5.74) is 1.94. The fourth-order valence-electron chi connectivity index (χ4n) is 7.67. The van der Waals surface area contributed by atoms with Gasteiger partial charge < -0.3 is 14.9 Å². The molecule has 8 rings (SSSR count). The Balaban J connectivity index is 1.01. The fourth-order valence-corrected chi connectivity index (χ4v) is 9.04. The quantitative estimate of drug-likeness (QED) is 0.0696. The second-order valence-electron chi connectivity index (χ2n) is 13.5. The lowest BCUT2D eigenvalue weighted by Gasteiger charge is -2.23. The second kappa shape index (κ2) is 14.1. The van der Waals surface area contributed by atoms with Crippen LogP contribution in [0.5, 0.6) is 0 Å². The maximum atomic E-state index is 13.3. The molecule has 0 aliphatic rings. The number of aliphatic hydroxyl groups excluding tert-OH is 1. The summed E-state index contributed by atoms with van der Waals surface area (Å²) in [6.07, 6.45) is 0.717. The minimum Gasteiger partial charge on any atom is -0.396 e. The molecule has 0 aliphatic carbocycles. The average molecular weight is 737 g/mol. The van der Waals surface area contributed by atoms with Crippen LogP contribution in [0.4, 0.5) is 0 Å². The molecule has 8 aromatic rings. The van der Waals surface area contributed by atoms with Crippen LogP contribution < -0.4 is 0 Å². The van der Waals surface area contributed by atoms with E-state index in [1.54, 1.807) is 0 Å². The number of benzene rings is 8. The molecule has 11 heteroatoms. The van der Waals surface area contributed by atoms with Gasteiger partial charge in [0.05, 0.1) is 19.8 Å². The van der Waals surface area contributed by atoms with Crippen molar-refractivity contribution in [3.05, 3.63) is 120 Å². The Labute approximate surface area is 300 Å². The van der Waals surface area contributed by atoms with Crippen LogP contribution in [0.15, 0.2) is 109 Å². The van der Waals surface area contributed by atoms with Gasteiger partial charge in [-0.3, -0.25) is 18.1 Å². The first-order chi connectivity index (χ1) is 25.1. The molecule has 0 spiro atoms. The van der Waals surface area contributed by atoms with Crippen LogP contribution in [0.2, 0.25) is 0 Å². The third-order valence-electron chi connectivity index (χ3n) is 10.1. The van der Waals surface area contributed by atoms with E-state index in [1.165, 1.54) is 5.39 Å². The summed E-state index contributed by atoms with van der Waals surface area (Å²) in [4.78, 5) is 20.8. The molecule has 266 valence electrons. The van der Waals surface area contributed by atoms with E-state index in [0.29, 0.717) is 12.8 Å². The van der Waals surface area contributed by atoms with Crippen LogP contribution in [0, 0.1) is 11.8 Å². The molecule has 0 aromatic heterocycles. The van der Waals surface area contributed by atoms with E-state index in [1.807, 2.05) is 36.4 Å². The molecule has 0 aliphatic heterocycles. The minimum atomic E-state index is -4.63. The zero-order chi connectivity index (χ0) is 36.0. The zero-order valence-corrected chi connectivity index (χ0v) is 30.3. The highest BCUT2D eigenvalue weighted by atomic mass is 31.2. The Morgan fingerprint density at radius 2 is 0.904 bits per heavy atom. The molecule has 9 nitrogen and oxygen atoms in total. The molecule has 3 N–H and O–H groups in total. The van der Waals surface area contributed by atoms with Crippen molar-refractivity contribution in [2.75, 3.05) is 33.5 Å². The van der Waals surface area contributed by atoms with Gasteiger partial charge in [0, 0.05) is 25.6 Å². The van der Waals surface area contributed by atoms with E-state index >= 15 is 0 Å². The Hall–Kier alpha value is -3.98. The van der Waals surface area contributed by atoms with Crippen molar-refractivity contribution in [2.24, 2.45) is 11.8 Å². The predicted molar refractivity (Wildman–Crippen MR) is 206 cm³/mol. The number of phosphoric ester groups is 2. The highest BCUT2D eigenvalue weighted by Gasteiger charge is 2.29. The molecule has 0 saturated carbocycles. The van der Waals surface area contributed by atoms with Gasteiger partial charge in [-0.1, -0.05) is 109 Å². The third-order valence-corrected chi connectivity index (χ3v) is 12.0. The molecule has 52 heavy (non-hydrogen) atoms. The summed E-state index contributed by atoms with van der Waals surface area (Å²) >= 11 is 0. The molecule has 0 amide bonds. The second-order valence-corrected chi connectivity index (χ2v) is 16.5. The van der Waals surface area contributed by atoms with E-state index in [2.05, 4.69) is 77.3 Å². The summed E-state index contributed by atoms with van der Waals surface area (Å²) in [7, 11) is -7.90. The molecule has 0 saturated heterocycles. The van der Waals surface area contributed by atoms with E-state index in [-0.39, 0.29) is 26.4 Å². The van der Waals surface area contributed by atoms with E-state index in [4.69, 9.17) is 13.6 Å². The van der Waals surface area contributed by atoms with Crippen molar-refractivity contribution in [1.29, 1.82) is 0 Å². The Morgan fingerprint density at radius 3 is 1.37 bits per heavy atom. The fraction of sp³-hybridized carbons (Fsp3) is 0.220. The van der Waals surface area contributed by atoms with Gasteiger partial charge in [0.15, 0.2) is 0 Å². The van der Waals surface area contributed by atoms with Crippen molar-refractivity contribution in [3.63, 3.8) is 0 Å². The van der Waals surface area contributed by atoms with Crippen molar-refractivity contribution in [1.82, 2.24) is 0 Å². The van der Waals surface area contributed by atoms with E-state index in [0.717, 1.165) is 77.5 Å². The Kier molecular flexibility index (Phi) is 9.51. The Bertz CT molecular complexity index is 2640. The van der Waals surface area contributed by atoms with Gasteiger partial charge in [-0.2, -0.15) is 0 Å². The Morgan fingerprint density at radius 1 is 0.519 bits per heavy atom. The first kappa shape index (κ1) is 35.1. The SMILES string of the molecule is COP(=O)(O)OCC(COP(=O)(O)OCC(CO)Cc1cc2cccc3ccc4cccc1c4c32)Cc1cc2cccc3ccc4cccc1c4c32. The van der Waals surface area contributed by atoms with Crippen molar-refractivity contribution in [2.45, 2.75) is 12.8 Å². The summed E-state index contributed by atoms with van der Waals surface area (Å²) < 4.78 is 46.5. The number of phosphoric acid groups is 2. The summed E-state index contributed by atoms with van der Waals surface area (Å²) in [5.74, 6) is -1.12. The van der Waals surface area contributed by atoms with Crippen LogP contribution in [0.1, 0.15) is 11.1 Å². The van der Waals surface area contributed by atoms with Gasteiger partial charge in [-0.05, 0) is 88.6 Å². The average Bonchev–Trinajstić information content (AvgIpc) is 3.16. The van der Waals surface area contributed by atoms with Crippen LogP contribution in [-0.2, 0) is 40.1 Å². The highest BCUT2D eigenvalue weighted by Crippen LogP contribution is 2.47. The molecule has 0 fully saturated rings. The molecule has 4 unspecified atom stereocenters. The molecule has 0 heterocycles. The number of rotatable bonds is 15. The van der Waals surface area contributed by atoms with E-state index in [9.17, 15) is 24.0 Å². The lowest BCUT2D eigenvalue weighted by molar-refractivity contribution is 0.0837. The van der Waals surface area contributed by atoms with Gasteiger partial charge in [0.1, 0.15) is 0 Å². The summed E-state index contributed by atoms with van der Waals surface area (Å²) in [6.45, 7) is -1.09. The highest BCUT2D eigenvalue weighted by molar-refractivity contribution is 7.47. The maximum Gasteiger partial charge on any atom is 0.472 e. The largest absolute Gasteiger partial charge is 0.472 e. The first-order valence-electron chi connectivity index (χ1n) is 17.2. The number of hydrogen-bond acceptors (Lipinski definition) is 7. The summed E-state index contributed by atoms with van der Waals surface area (Å²) in [5, 5.41) is 23.6. The lowest BCUT2D eigenvalue weighted by atomic mass is 9.88. The van der Waals surface area contributed by atoms with Gasteiger partial charge >= 0.3 is 15.6 Å². The van der Waals surface area contributed by atoms with Crippen LogP contribution in [0.25, 0.3) is 64.6 Å². The normalized spacial score (nSPS) is 16.0. The van der Waals surface area contributed by atoms with Crippen LogP contribution >= 0.6 is 15.6 Å². The predicted octanol–water partition coefficient (Wildman–Crippen LogP) is 9.39. The van der Waals surface area contributed by atoms with Gasteiger partial charge in [-0.25, -0.2) is 9.13 Å². The van der Waals surface area contributed by atoms with Crippen molar-refractivity contribution >= 4 is 80.3 Å². The van der Waals surface area contributed by atoms with Crippen molar-refractivity contribution < 1.29 is 42.1 Å². The zero-order valence-electron chi connectivity index (χ0n) is 28.5. The number of aliphatic hydroxyl groups is 1. The standard InChI is InChI=1S/C41H38O9P2/c1-47-51(43,44)48-24-27(19-35-21-33-11-3-7-29-15-17-31-9-5-13-37(35)41(31)39(29)33)25-50-52(45,46)49-23-26(22-42)18-34-20-32-10-2-6-28-14-16-30-8-4-12-36(34)40(30)38(28)32/h2-17,20-21,26-27,42H,18-19,22-25H2,1H3,(H,43,44)(H,45,46). The maximum absolute atomic E-state index is 13.3. The topological polar surface area (TPSA) is 132 Å². The monoisotopic (exact) mass is 736 g/mol. The molecular weight excluding hydrogens is 698 g/mol. The molecule has 0 bridgehead atoms. The van der Waals surface area contributed by atoms with Crippen molar-refractivity contribution in [3.8, 4) is 0 Å². The number of hydrogen-bond donors (Lipinski definition) is 3. The van der Waals surface area contributed by atoms with Crippen LogP contribution in [-0.4, -0.2) is 48.4 Å². The van der Waals surface area contributed by atoms with Gasteiger partial charge in [-0.15, -0.1) is 0 Å². The molecule has 0 radical (unpaired) electrons. The van der Waals surface area contributed by atoms with Gasteiger partial charge in [0.2, 0.25) is 0 Å². The minimum absolute atomic E-state index is 0.228. The van der Waals surface area contributed by atoms with Gasteiger partial charge in [0.25, 0.3) is 0 Å². The summed E-state index contributed by atoms with van der Waals surface area (Å²) in [6, 6.07) is 37.2. The van der Waals surface area contributed by atoms with Crippen LogP contribution in [0.3, 0.4) is 0 Å².